The summed E-state index contributed by atoms with van der Waals surface area (Å²) in [7, 11) is 0. The molecule has 3 aromatic rings. The smallest absolute Gasteiger partial charge is 0.341 e. The topological polar surface area (TPSA) is 86.1 Å². The van der Waals surface area contributed by atoms with E-state index in [0.29, 0.717) is 29.6 Å². The fourth-order valence-electron chi connectivity index (χ4n) is 3.60. The van der Waals surface area contributed by atoms with Gasteiger partial charge in [-0.05, 0) is 50.1 Å². The van der Waals surface area contributed by atoms with E-state index in [2.05, 4.69) is 31.5 Å². The third-order valence-corrected chi connectivity index (χ3v) is 8.07. The Morgan fingerprint density at radius 3 is 2.78 bits per heavy atom. The Labute approximate surface area is 199 Å². The highest BCUT2D eigenvalue weighted by Crippen LogP contribution is 2.39. The average Bonchev–Trinajstić information content (AvgIpc) is 3.17. The standard InChI is InChI=1S/C22H26N4O3S3/c1-4-16-13(3)32-20(19(16)21(28)29-5-2)23-18(27)12-31-22-25-24-17(26(22)14-8-9-14)11-15-7-6-10-30-15/h6-7,10,14H,4-5,8-9,11-12H2,1-3H3,(H,23,27). The summed E-state index contributed by atoms with van der Waals surface area (Å²) in [5, 5.41) is 15.1. The van der Waals surface area contributed by atoms with Gasteiger partial charge in [0, 0.05) is 22.2 Å². The van der Waals surface area contributed by atoms with E-state index in [1.54, 1.807) is 18.3 Å². The minimum Gasteiger partial charge on any atom is -0.462 e. The van der Waals surface area contributed by atoms with Crippen LogP contribution in [0.5, 0.6) is 0 Å². The first-order valence-electron chi connectivity index (χ1n) is 10.7. The number of hydrogen-bond acceptors (Lipinski definition) is 8. The molecule has 1 saturated carbocycles. The van der Waals surface area contributed by atoms with Crippen LogP contribution in [0.3, 0.4) is 0 Å². The molecule has 10 heteroatoms. The lowest BCUT2D eigenvalue weighted by atomic mass is 10.1. The normalized spacial score (nSPS) is 13.3. The number of carbonyl (C=O) groups is 2. The van der Waals surface area contributed by atoms with Crippen molar-refractivity contribution in [3.8, 4) is 0 Å². The van der Waals surface area contributed by atoms with Gasteiger partial charge in [0.25, 0.3) is 0 Å². The lowest BCUT2D eigenvalue weighted by molar-refractivity contribution is -0.113. The van der Waals surface area contributed by atoms with Crippen LogP contribution >= 0.6 is 34.4 Å². The molecule has 7 nitrogen and oxygen atoms in total. The number of nitrogens with zero attached hydrogens (tertiary/aromatic N) is 3. The summed E-state index contributed by atoms with van der Waals surface area (Å²) in [4.78, 5) is 27.5. The molecular weight excluding hydrogens is 464 g/mol. The molecule has 0 spiro atoms. The number of esters is 1. The van der Waals surface area contributed by atoms with Gasteiger partial charge in [-0.3, -0.25) is 4.79 Å². The molecular formula is C22H26N4O3S3. The van der Waals surface area contributed by atoms with E-state index in [-0.39, 0.29) is 17.6 Å². The third-order valence-electron chi connectivity index (χ3n) is 5.19. The summed E-state index contributed by atoms with van der Waals surface area (Å²) in [6, 6.07) is 4.57. The number of thiophene rings is 2. The van der Waals surface area contributed by atoms with Crippen molar-refractivity contribution in [3.63, 3.8) is 0 Å². The minimum atomic E-state index is -0.386. The SMILES string of the molecule is CCOC(=O)c1c(NC(=O)CSc2nnc(Cc3cccs3)n2C2CC2)sc(C)c1CC. The summed E-state index contributed by atoms with van der Waals surface area (Å²) < 4.78 is 7.41. The molecule has 170 valence electrons. The van der Waals surface area contributed by atoms with Crippen LogP contribution in [0, 0.1) is 6.92 Å². The lowest BCUT2D eigenvalue weighted by Gasteiger charge is -2.09. The largest absolute Gasteiger partial charge is 0.462 e. The molecule has 0 atom stereocenters. The molecule has 1 N–H and O–H groups in total. The van der Waals surface area contributed by atoms with Gasteiger partial charge in [0.1, 0.15) is 10.8 Å². The summed E-state index contributed by atoms with van der Waals surface area (Å²) in [5.41, 5.74) is 1.41. The quantitative estimate of drug-likeness (QED) is 0.314. The second-order valence-electron chi connectivity index (χ2n) is 7.51. The molecule has 0 radical (unpaired) electrons. The van der Waals surface area contributed by atoms with Crippen LogP contribution in [0.4, 0.5) is 5.00 Å². The van der Waals surface area contributed by atoms with Gasteiger partial charge in [-0.15, -0.1) is 32.9 Å². The van der Waals surface area contributed by atoms with Crippen molar-refractivity contribution < 1.29 is 14.3 Å². The molecule has 3 aromatic heterocycles. The van der Waals surface area contributed by atoms with Crippen LogP contribution in [0.1, 0.15) is 64.2 Å². The van der Waals surface area contributed by atoms with Gasteiger partial charge >= 0.3 is 5.97 Å². The van der Waals surface area contributed by atoms with Crippen LogP contribution < -0.4 is 5.32 Å². The fourth-order valence-corrected chi connectivity index (χ4v) is 6.27. The number of nitrogens with one attached hydrogen (secondary N) is 1. The van der Waals surface area contributed by atoms with E-state index in [0.717, 1.165) is 40.7 Å². The van der Waals surface area contributed by atoms with Crippen molar-refractivity contribution in [1.82, 2.24) is 14.8 Å². The molecule has 1 amide bonds. The van der Waals surface area contributed by atoms with Crippen molar-refractivity contribution in [2.45, 2.75) is 57.7 Å². The van der Waals surface area contributed by atoms with Crippen LogP contribution in [-0.4, -0.2) is 39.0 Å². The van der Waals surface area contributed by atoms with Gasteiger partial charge in [0.2, 0.25) is 5.91 Å². The van der Waals surface area contributed by atoms with Crippen LogP contribution in [0.15, 0.2) is 22.7 Å². The van der Waals surface area contributed by atoms with E-state index < -0.39 is 0 Å². The highest BCUT2D eigenvalue weighted by Gasteiger charge is 2.30. The van der Waals surface area contributed by atoms with Crippen molar-refractivity contribution in [2.75, 3.05) is 17.7 Å². The van der Waals surface area contributed by atoms with Gasteiger partial charge in [-0.25, -0.2) is 4.79 Å². The second-order valence-corrected chi connectivity index (χ2v) is 10.7. The molecule has 1 aliphatic rings. The van der Waals surface area contributed by atoms with Crippen molar-refractivity contribution in [1.29, 1.82) is 0 Å². The molecule has 0 bridgehead atoms. The zero-order valence-electron chi connectivity index (χ0n) is 18.3. The predicted octanol–water partition coefficient (Wildman–Crippen LogP) is 5.11. The number of amides is 1. The average molecular weight is 491 g/mol. The Balaban J connectivity index is 1.45. The zero-order chi connectivity index (χ0) is 22.7. The molecule has 3 heterocycles. The first-order chi connectivity index (χ1) is 15.5. The molecule has 0 aromatic carbocycles. The summed E-state index contributed by atoms with van der Waals surface area (Å²) >= 11 is 4.52. The number of ether oxygens (including phenoxy) is 1. The van der Waals surface area contributed by atoms with Crippen LogP contribution in [-0.2, 0) is 22.4 Å². The maximum atomic E-state index is 12.8. The first-order valence-corrected chi connectivity index (χ1v) is 13.4. The van der Waals surface area contributed by atoms with Crippen LogP contribution in [0.25, 0.3) is 0 Å². The Kier molecular flexibility index (Phi) is 7.32. The third kappa shape index (κ3) is 5.07. The molecule has 0 saturated heterocycles. The number of rotatable bonds is 10. The molecule has 0 unspecified atom stereocenters. The summed E-state index contributed by atoms with van der Waals surface area (Å²) in [6.45, 7) is 6.03. The first kappa shape index (κ1) is 23.0. The van der Waals surface area contributed by atoms with Gasteiger partial charge in [0.05, 0.1) is 17.9 Å². The summed E-state index contributed by atoms with van der Waals surface area (Å²) in [5.74, 6) is 0.590. The van der Waals surface area contributed by atoms with Crippen molar-refractivity contribution in [2.24, 2.45) is 0 Å². The Morgan fingerprint density at radius 1 is 1.31 bits per heavy atom. The van der Waals surface area contributed by atoms with Gasteiger partial charge in [-0.1, -0.05) is 24.8 Å². The van der Waals surface area contributed by atoms with E-state index >= 15 is 0 Å². The van der Waals surface area contributed by atoms with Gasteiger partial charge < -0.3 is 14.6 Å². The molecule has 4 rings (SSSR count). The Bertz CT molecular complexity index is 1100. The van der Waals surface area contributed by atoms with E-state index in [1.165, 1.54) is 28.0 Å². The van der Waals surface area contributed by atoms with Gasteiger partial charge in [0.15, 0.2) is 5.16 Å². The predicted molar refractivity (Wildman–Crippen MR) is 129 cm³/mol. The number of thioether (sulfide) groups is 1. The van der Waals surface area contributed by atoms with E-state index in [4.69, 9.17) is 4.74 Å². The minimum absolute atomic E-state index is 0.172. The summed E-state index contributed by atoms with van der Waals surface area (Å²) in [6.07, 6.45) is 3.70. The number of anilines is 1. The van der Waals surface area contributed by atoms with E-state index in [9.17, 15) is 9.59 Å². The maximum Gasteiger partial charge on any atom is 0.341 e. The monoisotopic (exact) mass is 490 g/mol. The maximum absolute atomic E-state index is 12.8. The fraction of sp³-hybridized carbons (Fsp3) is 0.455. The Morgan fingerprint density at radius 2 is 2.12 bits per heavy atom. The molecule has 32 heavy (non-hydrogen) atoms. The number of aryl methyl sites for hydroxylation is 1. The second kappa shape index (κ2) is 10.2. The number of hydrogen-bond donors (Lipinski definition) is 1. The highest BCUT2D eigenvalue weighted by atomic mass is 32.2. The number of aromatic nitrogens is 3. The highest BCUT2D eigenvalue weighted by molar-refractivity contribution is 7.99. The number of carbonyl (C=O) groups excluding carboxylic acids is 2. The molecule has 0 aliphatic heterocycles. The van der Waals surface area contributed by atoms with Crippen LogP contribution in [0.2, 0.25) is 0 Å². The van der Waals surface area contributed by atoms with Crippen molar-refractivity contribution >= 4 is 51.3 Å². The van der Waals surface area contributed by atoms with E-state index in [1.807, 2.05) is 19.9 Å². The zero-order valence-corrected chi connectivity index (χ0v) is 20.8. The molecule has 1 aliphatic carbocycles. The van der Waals surface area contributed by atoms with Gasteiger partial charge in [-0.2, -0.15) is 0 Å². The Hall–Kier alpha value is -2.17. The molecule has 1 fully saturated rings. The lowest BCUT2D eigenvalue weighted by Crippen LogP contribution is -2.17. The van der Waals surface area contributed by atoms with Crippen molar-refractivity contribution in [3.05, 3.63) is 44.2 Å².